The van der Waals surface area contributed by atoms with E-state index in [1.54, 1.807) is 25.8 Å². The summed E-state index contributed by atoms with van der Waals surface area (Å²) in [5.74, 6) is 0.925. The summed E-state index contributed by atoms with van der Waals surface area (Å²) in [4.78, 5) is 30.8. The Balaban J connectivity index is 1.48. The summed E-state index contributed by atoms with van der Waals surface area (Å²) in [7, 11) is 4.95. The van der Waals surface area contributed by atoms with Gasteiger partial charge in [0, 0.05) is 26.0 Å². The molecule has 0 amide bonds. The predicted octanol–water partition coefficient (Wildman–Crippen LogP) is 3.13. The van der Waals surface area contributed by atoms with Crippen molar-refractivity contribution in [2.75, 3.05) is 37.9 Å². The van der Waals surface area contributed by atoms with Gasteiger partial charge in [-0.25, -0.2) is 19.7 Å². The Morgan fingerprint density at radius 1 is 1.11 bits per heavy atom. The first-order valence-electron chi connectivity index (χ1n) is 11.8. The molecule has 36 heavy (non-hydrogen) atoms. The van der Waals surface area contributed by atoms with E-state index in [9.17, 15) is 4.79 Å². The van der Waals surface area contributed by atoms with E-state index in [1.807, 2.05) is 35.9 Å². The Morgan fingerprint density at radius 3 is 2.61 bits per heavy atom. The van der Waals surface area contributed by atoms with Gasteiger partial charge in [-0.3, -0.25) is 4.98 Å². The Morgan fingerprint density at radius 2 is 1.89 bits per heavy atom. The zero-order chi connectivity index (χ0) is 25.1. The van der Waals surface area contributed by atoms with Gasteiger partial charge in [-0.15, -0.1) is 0 Å². The van der Waals surface area contributed by atoms with E-state index in [4.69, 9.17) is 9.47 Å². The Labute approximate surface area is 208 Å². The van der Waals surface area contributed by atoms with Crippen molar-refractivity contribution in [3.05, 3.63) is 48.7 Å². The summed E-state index contributed by atoms with van der Waals surface area (Å²) >= 11 is 0. The summed E-state index contributed by atoms with van der Waals surface area (Å²) in [6.45, 7) is 1.93. The number of benzene rings is 1. The molecule has 4 aromatic rings. The van der Waals surface area contributed by atoms with Crippen LogP contribution in [-0.4, -0.2) is 63.8 Å². The van der Waals surface area contributed by atoms with Crippen molar-refractivity contribution in [1.82, 2.24) is 29.8 Å². The van der Waals surface area contributed by atoms with Gasteiger partial charge in [-0.1, -0.05) is 0 Å². The maximum atomic E-state index is 12.7. The van der Waals surface area contributed by atoms with E-state index in [-0.39, 0.29) is 17.6 Å². The number of esters is 1. The fraction of sp³-hybridized carbons (Fsp3) is 0.320. The van der Waals surface area contributed by atoms with Crippen LogP contribution in [0.5, 0.6) is 5.75 Å². The van der Waals surface area contributed by atoms with Gasteiger partial charge in [0.2, 0.25) is 0 Å². The number of imidazole rings is 1. The van der Waals surface area contributed by atoms with Crippen molar-refractivity contribution < 1.29 is 14.3 Å². The highest BCUT2D eigenvalue weighted by molar-refractivity contribution is 5.98. The van der Waals surface area contributed by atoms with Crippen molar-refractivity contribution >= 4 is 34.3 Å². The molecule has 1 aliphatic heterocycles. The van der Waals surface area contributed by atoms with Crippen LogP contribution in [0.4, 0.5) is 17.3 Å². The average Bonchev–Trinajstić information content (AvgIpc) is 3.30. The van der Waals surface area contributed by atoms with Gasteiger partial charge in [0.05, 0.1) is 30.7 Å². The molecule has 1 fully saturated rings. The van der Waals surface area contributed by atoms with Crippen LogP contribution in [0, 0.1) is 0 Å². The second-order valence-corrected chi connectivity index (χ2v) is 8.49. The van der Waals surface area contributed by atoms with Crippen LogP contribution in [0.15, 0.2) is 43.0 Å². The molecule has 3 N–H and O–H groups in total. The molecule has 5 rings (SSSR count). The number of nitrogens with zero attached hydrogens (tertiary/aromatic N) is 5. The summed E-state index contributed by atoms with van der Waals surface area (Å²) in [5, 5.41) is 9.61. The Hall–Kier alpha value is -4.25. The minimum Gasteiger partial charge on any atom is -0.490 e. The van der Waals surface area contributed by atoms with Crippen molar-refractivity contribution in [2.24, 2.45) is 7.05 Å². The number of carbonyl (C=O) groups excluding carboxylic acids is 1. The highest BCUT2D eigenvalue weighted by Gasteiger charge is 2.23. The van der Waals surface area contributed by atoms with Gasteiger partial charge < -0.3 is 30.0 Å². The van der Waals surface area contributed by atoms with Gasteiger partial charge >= 0.3 is 5.97 Å². The third kappa shape index (κ3) is 4.65. The SMILES string of the molecule is CNc1nc(Nc2ccc(OC3CCNCC3)cc2)c(C(=O)OC)nc1-c1cncc2c1ncn2C. The highest BCUT2D eigenvalue weighted by atomic mass is 16.5. The minimum atomic E-state index is -0.610. The molecule has 1 aliphatic rings. The van der Waals surface area contributed by atoms with Crippen molar-refractivity contribution in [3.8, 4) is 17.0 Å². The second-order valence-electron chi connectivity index (χ2n) is 8.49. The van der Waals surface area contributed by atoms with Gasteiger partial charge in [0.15, 0.2) is 17.3 Å². The molecule has 11 heteroatoms. The van der Waals surface area contributed by atoms with Crippen LogP contribution in [0.3, 0.4) is 0 Å². The predicted molar refractivity (Wildman–Crippen MR) is 137 cm³/mol. The lowest BCUT2D eigenvalue weighted by molar-refractivity contribution is 0.0595. The summed E-state index contributed by atoms with van der Waals surface area (Å²) in [6.07, 6.45) is 7.28. The second kappa shape index (κ2) is 10.2. The number of anilines is 3. The van der Waals surface area contributed by atoms with Crippen LogP contribution in [0.25, 0.3) is 22.3 Å². The van der Waals surface area contributed by atoms with E-state index >= 15 is 0 Å². The van der Waals surface area contributed by atoms with Gasteiger partial charge in [0.25, 0.3) is 0 Å². The molecule has 0 spiro atoms. The monoisotopic (exact) mass is 488 g/mol. The van der Waals surface area contributed by atoms with Crippen molar-refractivity contribution in [2.45, 2.75) is 18.9 Å². The van der Waals surface area contributed by atoms with E-state index in [0.717, 1.165) is 42.9 Å². The first-order chi connectivity index (χ1) is 17.6. The van der Waals surface area contributed by atoms with Crippen LogP contribution >= 0.6 is 0 Å². The van der Waals surface area contributed by atoms with Gasteiger partial charge in [-0.05, 0) is 50.2 Å². The number of rotatable bonds is 7. The number of carbonyl (C=O) groups is 1. The normalized spacial score (nSPS) is 14.0. The van der Waals surface area contributed by atoms with E-state index in [0.29, 0.717) is 22.6 Å². The molecule has 0 bridgehead atoms. The number of hydrogen-bond donors (Lipinski definition) is 3. The zero-order valence-electron chi connectivity index (χ0n) is 20.4. The molecule has 0 atom stereocenters. The number of aryl methyl sites for hydroxylation is 1. The first-order valence-corrected chi connectivity index (χ1v) is 11.8. The van der Waals surface area contributed by atoms with Gasteiger partial charge in [0.1, 0.15) is 23.1 Å². The highest BCUT2D eigenvalue weighted by Crippen LogP contribution is 2.33. The lowest BCUT2D eigenvalue weighted by atomic mass is 10.1. The largest absolute Gasteiger partial charge is 0.490 e. The maximum absolute atomic E-state index is 12.7. The van der Waals surface area contributed by atoms with Crippen LogP contribution in [-0.2, 0) is 11.8 Å². The van der Waals surface area contributed by atoms with Crippen LogP contribution in [0.1, 0.15) is 23.3 Å². The lowest BCUT2D eigenvalue weighted by Gasteiger charge is -2.23. The molecular weight excluding hydrogens is 460 g/mol. The number of aromatic nitrogens is 5. The molecule has 0 saturated carbocycles. The molecule has 0 radical (unpaired) electrons. The van der Waals surface area contributed by atoms with Crippen LogP contribution in [0.2, 0.25) is 0 Å². The number of ether oxygens (including phenoxy) is 2. The maximum Gasteiger partial charge on any atom is 0.360 e. The average molecular weight is 489 g/mol. The van der Waals surface area contributed by atoms with Crippen LogP contribution < -0.4 is 20.7 Å². The topological polar surface area (TPSA) is 128 Å². The number of hydrogen-bond acceptors (Lipinski definition) is 10. The molecule has 0 unspecified atom stereocenters. The fourth-order valence-corrected chi connectivity index (χ4v) is 4.20. The summed E-state index contributed by atoms with van der Waals surface area (Å²) in [6, 6.07) is 7.56. The standard InChI is InChI=1S/C25H28N8O3/c1-26-23-21(18-12-28-13-19-20(18)29-14-33(19)2)31-22(25(34)35-3)24(32-23)30-15-4-6-16(7-5-15)36-17-8-10-27-11-9-17/h4-7,12-14,17,27H,8-11H2,1-3H3,(H2,26,30,32). The minimum absolute atomic E-state index is 0.0504. The molecule has 11 nitrogen and oxygen atoms in total. The number of fused-ring (bicyclic) bond motifs is 1. The fourth-order valence-electron chi connectivity index (χ4n) is 4.20. The molecule has 0 aliphatic carbocycles. The van der Waals surface area contributed by atoms with Crippen molar-refractivity contribution in [3.63, 3.8) is 0 Å². The van der Waals surface area contributed by atoms with E-state index in [2.05, 4.69) is 35.9 Å². The third-order valence-electron chi connectivity index (χ3n) is 6.11. The molecular formula is C25H28N8O3. The van der Waals surface area contributed by atoms with E-state index < -0.39 is 5.97 Å². The van der Waals surface area contributed by atoms with Gasteiger partial charge in [-0.2, -0.15) is 0 Å². The third-order valence-corrected chi connectivity index (χ3v) is 6.11. The lowest BCUT2D eigenvalue weighted by Crippen LogP contribution is -2.34. The molecule has 3 aromatic heterocycles. The Bertz CT molecular complexity index is 1380. The molecule has 4 heterocycles. The number of pyridine rings is 1. The summed E-state index contributed by atoms with van der Waals surface area (Å²) in [5.41, 5.74) is 3.43. The van der Waals surface area contributed by atoms with E-state index in [1.165, 1.54) is 7.11 Å². The quantitative estimate of drug-likeness (QED) is 0.334. The zero-order valence-corrected chi connectivity index (χ0v) is 20.4. The number of nitrogens with one attached hydrogen (secondary N) is 3. The smallest absolute Gasteiger partial charge is 0.360 e. The molecule has 1 saturated heterocycles. The number of methoxy groups -OCH3 is 1. The van der Waals surface area contributed by atoms with Crippen molar-refractivity contribution in [1.29, 1.82) is 0 Å². The first kappa shape index (κ1) is 23.5. The molecule has 1 aromatic carbocycles. The Kier molecular flexibility index (Phi) is 6.63. The number of piperidine rings is 1. The molecule has 186 valence electrons. The summed E-state index contributed by atoms with van der Waals surface area (Å²) < 4.78 is 13.0.